The van der Waals surface area contributed by atoms with Gasteiger partial charge in [-0.2, -0.15) is 0 Å². The Morgan fingerprint density at radius 1 is 0.857 bits per heavy atom. The molecule has 0 aliphatic heterocycles. The van der Waals surface area contributed by atoms with Crippen molar-refractivity contribution in [2.45, 2.75) is 30.8 Å². The summed E-state index contributed by atoms with van der Waals surface area (Å²) in [7, 11) is -4.11. The maximum absolute atomic E-state index is 14.3. The molecule has 0 bridgehead atoms. The van der Waals surface area contributed by atoms with Crippen molar-refractivity contribution >= 4 is 66.0 Å². The summed E-state index contributed by atoms with van der Waals surface area (Å²) in [4.78, 5) is 29.4. The molecule has 42 heavy (non-hydrogen) atoms. The molecule has 0 saturated carbocycles. The summed E-state index contributed by atoms with van der Waals surface area (Å²) in [6, 6.07) is 31.1. The van der Waals surface area contributed by atoms with Crippen LogP contribution in [0.15, 0.2) is 119 Å². The van der Waals surface area contributed by atoms with Crippen LogP contribution in [-0.2, 0) is 32.6 Å². The fourth-order valence-corrected chi connectivity index (χ4v) is 6.78. The third-order valence-corrected chi connectivity index (χ3v) is 9.59. The van der Waals surface area contributed by atoms with Crippen LogP contribution in [0.4, 0.5) is 5.69 Å². The standard InChI is InChI=1S/C32H31BrIN3O4S/c1-2-35-32(39)30(21-24-10-5-3-6-11-24)36(22-25-12-9-13-26(33)20-25)31(38)23-37(28-18-16-27(34)17-19-28)42(40,41)29-14-7-4-8-15-29/h3-20,30H,2,21-23H2,1H3,(H,35,39)/t30-/m0/s1. The molecule has 4 aromatic carbocycles. The van der Waals surface area contributed by atoms with E-state index in [1.807, 2.05) is 61.5 Å². The molecular formula is C32H31BrIN3O4S. The van der Waals surface area contributed by atoms with E-state index in [1.165, 1.54) is 17.0 Å². The Kier molecular flexibility index (Phi) is 11.2. The molecule has 0 spiro atoms. The van der Waals surface area contributed by atoms with Crippen LogP contribution in [0.5, 0.6) is 0 Å². The number of nitrogens with one attached hydrogen (secondary N) is 1. The summed E-state index contributed by atoms with van der Waals surface area (Å²) >= 11 is 5.64. The zero-order valence-corrected chi connectivity index (χ0v) is 27.5. The highest BCUT2D eigenvalue weighted by Crippen LogP contribution is 2.26. The van der Waals surface area contributed by atoms with Crippen LogP contribution >= 0.6 is 38.5 Å². The first-order valence-electron chi connectivity index (χ1n) is 13.4. The average molecular weight is 760 g/mol. The number of rotatable bonds is 12. The number of nitrogens with zero attached hydrogens (tertiary/aromatic N) is 2. The van der Waals surface area contributed by atoms with Crippen LogP contribution in [0.2, 0.25) is 0 Å². The Hall–Kier alpha value is -3.22. The van der Waals surface area contributed by atoms with E-state index in [4.69, 9.17) is 0 Å². The summed E-state index contributed by atoms with van der Waals surface area (Å²) in [5.74, 6) is -0.809. The van der Waals surface area contributed by atoms with Gasteiger partial charge < -0.3 is 10.2 Å². The van der Waals surface area contributed by atoms with E-state index in [9.17, 15) is 18.0 Å². The summed E-state index contributed by atoms with van der Waals surface area (Å²) < 4.78 is 30.8. The van der Waals surface area contributed by atoms with Gasteiger partial charge in [0, 0.05) is 27.6 Å². The molecule has 0 aromatic heterocycles. The minimum absolute atomic E-state index is 0.0689. The number of hydrogen-bond acceptors (Lipinski definition) is 4. The second kappa shape index (κ2) is 14.8. The Bertz CT molecular complexity index is 1600. The van der Waals surface area contributed by atoms with Crippen LogP contribution in [0.3, 0.4) is 0 Å². The smallest absolute Gasteiger partial charge is 0.264 e. The topological polar surface area (TPSA) is 86.8 Å². The van der Waals surface area contributed by atoms with Crippen molar-refractivity contribution in [3.63, 3.8) is 0 Å². The summed E-state index contributed by atoms with van der Waals surface area (Å²) in [6.45, 7) is 1.83. The van der Waals surface area contributed by atoms with Crippen molar-refractivity contribution in [1.29, 1.82) is 0 Å². The maximum atomic E-state index is 14.3. The molecule has 10 heteroatoms. The van der Waals surface area contributed by atoms with Gasteiger partial charge in [-0.05, 0) is 89.2 Å². The number of sulfonamides is 1. The van der Waals surface area contributed by atoms with Crippen molar-refractivity contribution in [3.8, 4) is 0 Å². The molecule has 0 heterocycles. The van der Waals surface area contributed by atoms with Crippen LogP contribution in [0.1, 0.15) is 18.1 Å². The molecule has 1 atom stereocenters. The van der Waals surface area contributed by atoms with Crippen LogP contribution in [-0.4, -0.2) is 44.3 Å². The zero-order chi connectivity index (χ0) is 30.1. The lowest BCUT2D eigenvalue weighted by Crippen LogP contribution is -2.53. The normalized spacial score (nSPS) is 11.9. The average Bonchev–Trinajstić information content (AvgIpc) is 2.99. The minimum atomic E-state index is -4.11. The van der Waals surface area contributed by atoms with E-state index >= 15 is 0 Å². The number of carbonyl (C=O) groups is 2. The number of halogens is 2. The summed E-state index contributed by atoms with van der Waals surface area (Å²) in [5.41, 5.74) is 2.03. The predicted molar refractivity (Wildman–Crippen MR) is 177 cm³/mol. The molecule has 218 valence electrons. The van der Waals surface area contributed by atoms with Gasteiger partial charge in [-0.1, -0.05) is 76.6 Å². The van der Waals surface area contributed by atoms with Crippen molar-refractivity contribution in [2.75, 3.05) is 17.4 Å². The molecule has 0 radical (unpaired) electrons. The third-order valence-electron chi connectivity index (χ3n) is 6.59. The van der Waals surface area contributed by atoms with Gasteiger partial charge in [0.05, 0.1) is 10.6 Å². The van der Waals surface area contributed by atoms with Crippen molar-refractivity contribution in [1.82, 2.24) is 10.2 Å². The van der Waals surface area contributed by atoms with Crippen LogP contribution in [0.25, 0.3) is 0 Å². The lowest BCUT2D eigenvalue weighted by molar-refractivity contribution is -0.140. The molecule has 7 nitrogen and oxygen atoms in total. The largest absolute Gasteiger partial charge is 0.355 e. The molecule has 0 aliphatic carbocycles. The minimum Gasteiger partial charge on any atom is -0.355 e. The van der Waals surface area contributed by atoms with E-state index in [2.05, 4.69) is 43.8 Å². The Labute approximate surface area is 269 Å². The number of carbonyl (C=O) groups excluding carboxylic acids is 2. The predicted octanol–water partition coefficient (Wildman–Crippen LogP) is 6.03. The van der Waals surface area contributed by atoms with E-state index in [-0.39, 0.29) is 23.8 Å². The molecule has 4 rings (SSSR count). The fourth-order valence-electron chi connectivity index (χ4n) is 4.53. The molecule has 1 N–H and O–H groups in total. The lowest BCUT2D eigenvalue weighted by atomic mass is 10.0. The second-order valence-electron chi connectivity index (χ2n) is 9.55. The van der Waals surface area contributed by atoms with Gasteiger partial charge in [0.2, 0.25) is 11.8 Å². The Morgan fingerprint density at radius 2 is 1.48 bits per heavy atom. The van der Waals surface area contributed by atoms with E-state index in [0.717, 1.165) is 23.5 Å². The molecular weight excluding hydrogens is 729 g/mol. The van der Waals surface area contributed by atoms with Gasteiger partial charge in [-0.25, -0.2) is 8.42 Å². The molecule has 0 fully saturated rings. The van der Waals surface area contributed by atoms with E-state index in [0.29, 0.717) is 12.2 Å². The van der Waals surface area contributed by atoms with Crippen molar-refractivity contribution in [2.24, 2.45) is 0 Å². The quantitative estimate of drug-likeness (QED) is 0.179. The number of benzene rings is 4. The summed E-state index contributed by atoms with van der Waals surface area (Å²) in [6.07, 6.45) is 0.265. The van der Waals surface area contributed by atoms with Crippen LogP contribution < -0.4 is 9.62 Å². The lowest BCUT2D eigenvalue weighted by Gasteiger charge is -2.34. The monoisotopic (exact) mass is 759 g/mol. The second-order valence-corrected chi connectivity index (χ2v) is 13.6. The SMILES string of the molecule is CCNC(=O)[C@H](Cc1ccccc1)N(Cc1cccc(Br)c1)C(=O)CN(c1ccc(I)cc1)S(=O)(=O)c1ccccc1. The first-order valence-corrected chi connectivity index (χ1v) is 16.7. The zero-order valence-electron chi connectivity index (χ0n) is 23.0. The van der Waals surface area contributed by atoms with Crippen molar-refractivity contribution < 1.29 is 18.0 Å². The van der Waals surface area contributed by atoms with E-state index in [1.54, 1.807) is 42.5 Å². The number of anilines is 1. The Balaban J connectivity index is 1.78. The van der Waals surface area contributed by atoms with Crippen molar-refractivity contribution in [3.05, 3.63) is 128 Å². The van der Waals surface area contributed by atoms with Crippen LogP contribution in [0, 0.1) is 3.57 Å². The number of amides is 2. The van der Waals surface area contributed by atoms with Gasteiger partial charge in [0.15, 0.2) is 0 Å². The third kappa shape index (κ3) is 8.20. The molecule has 2 amide bonds. The summed E-state index contributed by atoms with van der Waals surface area (Å²) in [5, 5.41) is 2.87. The molecule has 4 aromatic rings. The van der Waals surface area contributed by atoms with Gasteiger partial charge in [0.25, 0.3) is 10.0 Å². The maximum Gasteiger partial charge on any atom is 0.264 e. The molecule has 0 aliphatic rings. The number of hydrogen-bond donors (Lipinski definition) is 1. The van der Waals surface area contributed by atoms with Gasteiger partial charge in [0.1, 0.15) is 12.6 Å². The first kappa shape index (κ1) is 31.7. The number of likely N-dealkylation sites (N-methyl/N-ethyl adjacent to an activating group) is 1. The Morgan fingerprint density at radius 3 is 2.10 bits per heavy atom. The highest BCUT2D eigenvalue weighted by atomic mass is 127. The van der Waals surface area contributed by atoms with Gasteiger partial charge >= 0.3 is 0 Å². The highest BCUT2D eigenvalue weighted by Gasteiger charge is 2.34. The van der Waals surface area contributed by atoms with E-state index < -0.39 is 28.5 Å². The molecule has 0 unspecified atom stereocenters. The highest BCUT2D eigenvalue weighted by molar-refractivity contribution is 14.1. The first-order chi connectivity index (χ1) is 20.2. The fraction of sp³-hybridized carbons (Fsp3) is 0.188. The van der Waals surface area contributed by atoms with Gasteiger partial charge in [-0.3, -0.25) is 13.9 Å². The van der Waals surface area contributed by atoms with Gasteiger partial charge in [-0.15, -0.1) is 0 Å². The molecule has 0 saturated heterocycles.